The van der Waals surface area contributed by atoms with Crippen LogP contribution in [0, 0.1) is 13.8 Å². The summed E-state index contributed by atoms with van der Waals surface area (Å²) in [4.78, 5) is 31.9. The third-order valence-corrected chi connectivity index (χ3v) is 5.43. The van der Waals surface area contributed by atoms with Gasteiger partial charge in [-0.05, 0) is 49.6 Å². The number of rotatable bonds is 6. The summed E-state index contributed by atoms with van der Waals surface area (Å²) in [6.07, 6.45) is -1.34. The zero-order valence-electron chi connectivity index (χ0n) is 15.9. The van der Waals surface area contributed by atoms with E-state index in [1.807, 2.05) is 50.2 Å². The molecule has 142 valence electrons. The molecule has 3 atom stereocenters. The Hall–Kier alpha value is -3.28. The lowest BCUT2D eigenvalue weighted by atomic mass is 9.91. The van der Waals surface area contributed by atoms with Gasteiger partial charge in [0.05, 0.1) is 28.3 Å². The molecule has 1 heterocycles. The lowest BCUT2D eigenvalue weighted by molar-refractivity contribution is -0.150. The molecule has 28 heavy (non-hydrogen) atoms. The van der Waals surface area contributed by atoms with Gasteiger partial charge in [-0.15, -0.1) is 0 Å². The van der Waals surface area contributed by atoms with Gasteiger partial charge in [-0.2, -0.15) is 0 Å². The minimum Gasteiger partial charge on any atom is -0.461 e. The smallest absolute Gasteiger partial charge is 0.293 e. The van der Waals surface area contributed by atoms with E-state index in [1.54, 1.807) is 6.92 Å². The van der Waals surface area contributed by atoms with Crippen LogP contribution in [0.4, 0.5) is 0 Å². The predicted molar refractivity (Wildman–Crippen MR) is 104 cm³/mol. The third-order valence-electron chi connectivity index (χ3n) is 5.43. The number of hydrogen-bond acceptors (Lipinski definition) is 6. The van der Waals surface area contributed by atoms with Crippen molar-refractivity contribution in [2.45, 2.75) is 38.9 Å². The first-order valence-electron chi connectivity index (χ1n) is 9.11. The number of benzene rings is 2. The molecule has 1 aliphatic carbocycles. The molecule has 4 rings (SSSR count). The summed E-state index contributed by atoms with van der Waals surface area (Å²) in [5, 5.41) is 0. The third kappa shape index (κ3) is 2.81. The monoisotopic (exact) mass is 376 g/mol. The van der Waals surface area contributed by atoms with Gasteiger partial charge in [0, 0.05) is 5.56 Å². The Morgan fingerprint density at radius 2 is 1.61 bits per heavy atom. The Morgan fingerprint density at radius 1 is 0.964 bits per heavy atom. The molecular weight excluding hydrogens is 356 g/mol. The van der Waals surface area contributed by atoms with E-state index in [-0.39, 0.29) is 5.92 Å². The molecular formula is C22H20N2O4. The maximum absolute atomic E-state index is 11.2. The minimum absolute atomic E-state index is 0.367. The molecule has 3 unspecified atom stereocenters. The molecule has 0 amide bonds. The van der Waals surface area contributed by atoms with E-state index in [0.717, 1.165) is 44.7 Å². The van der Waals surface area contributed by atoms with Crippen LogP contribution in [0.15, 0.2) is 36.4 Å². The number of carbonyl (C=O) groups excluding carboxylic acids is 2. The highest BCUT2D eigenvalue weighted by Crippen LogP contribution is 2.46. The van der Waals surface area contributed by atoms with E-state index in [9.17, 15) is 9.59 Å². The molecule has 6 heteroatoms. The van der Waals surface area contributed by atoms with Crippen LogP contribution in [0.3, 0.4) is 0 Å². The summed E-state index contributed by atoms with van der Waals surface area (Å²) < 4.78 is 10.5. The normalized spacial score (nSPS) is 16.8. The van der Waals surface area contributed by atoms with Crippen molar-refractivity contribution in [2.75, 3.05) is 0 Å². The van der Waals surface area contributed by atoms with E-state index in [1.165, 1.54) is 0 Å². The summed E-state index contributed by atoms with van der Waals surface area (Å²) in [5.74, 6) is -0.371. The maximum Gasteiger partial charge on any atom is 0.293 e. The molecule has 0 spiro atoms. The van der Waals surface area contributed by atoms with E-state index in [4.69, 9.17) is 19.4 Å². The summed E-state index contributed by atoms with van der Waals surface area (Å²) in [6, 6.07) is 11.9. The second-order valence-corrected chi connectivity index (χ2v) is 7.08. The van der Waals surface area contributed by atoms with E-state index in [0.29, 0.717) is 12.9 Å². The molecule has 3 aromatic rings. The van der Waals surface area contributed by atoms with Gasteiger partial charge in [0.25, 0.3) is 12.9 Å². The van der Waals surface area contributed by atoms with Gasteiger partial charge in [-0.3, -0.25) is 9.59 Å². The highest BCUT2D eigenvalue weighted by Gasteiger charge is 2.41. The molecule has 0 radical (unpaired) electrons. The van der Waals surface area contributed by atoms with Crippen LogP contribution in [-0.2, 0) is 19.1 Å². The zero-order chi connectivity index (χ0) is 19.8. The Balaban J connectivity index is 1.95. The lowest BCUT2D eigenvalue weighted by Gasteiger charge is -2.27. The first-order valence-corrected chi connectivity index (χ1v) is 9.11. The van der Waals surface area contributed by atoms with E-state index in [2.05, 4.69) is 0 Å². The summed E-state index contributed by atoms with van der Waals surface area (Å²) >= 11 is 0. The number of nitrogens with zero attached hydrogens (tertiary/aromatic N) is 2. The zero-order valence-corrected chi connectivity index (χ0v) is 15.9. The number of aromatic nitrogens is 2. The molecule has 0 saturated heterocycles. The first kappa shape index (κ1) is 18.1. The van der Waals surface area contributed by atoms with Crippen LogP contribution >= 0.6 is 0 Å². The second kappa shape index (κ2) is 7.03. The molecule has 0 fully saturated rings. The fourth-order valence-electron chi connectivity index (χ4n) is 3.89. The molecule has 0 aliphatic heterocycles. The Labute approximate surface area is 162 Å². The van der Waals surface area contributed by atoms with Gasteiger partial charge in [0.15, 0.2) is 6.10 Å². The van der Waals surface area contributed by atoms with Crippen molar-refractivity contribution in [1.29, 1.82) is 0 Å². The molecule has 6 nitrogen and oxygen atoms in total. The van der Waals surface area contributed by atoms with Gasteiger partial charge >= 0.3 is 0 Å². The SMILES string of the molecule is Cc1cc2nc3c(nc2cc1C)C(C(OC=O)C(C)OC=O)c1ccccc1-3. The van der Waals surface area contributed by atoms with Crippen LogP contribution in [0.2, 0.25) is 0 Å². The average molecular weight is 376 g/mol. The number of fused-ring (bicyclic) bond motifs is 4. The second-order valence-electron chi connectivity index (χ2n) is 7.08. The molecule has 0 bridgehead atoms. The molecule has 0 saturated carbocycles. The van der Waals surface area contributed by atoms with Gasteiger partial charge in [-0.1, -0.05) is 24.3 Å². The highest BCUT2D eigenvalue weighted by atomic mass is 16.6. The van der Waals surface area contributed by atoms with Gasteiger partial charge in [0.1, 0.15) is 6.10 Å². The van der Waals surface area contributed by atoms with E-state index < -0.39 is 12.2 Å². The number of aryl methyl sites for hydroxylation is 2. The van der Waals surface area contributed by atoms with Gasteiger partial charge in [-0.25, -0.2) is 9.97 Å². The number of ether oxygens (including phenoxy) is 2. The largest absolute Gasteiger partial charge is 0.461 e. The van der Waals surface area contributed by atoms with Crippen molar-refractivity contribution >= 4 is 24.0 Å². The minimum atomic E-state index is -0.705. The summed E-state index contributed by atoms with van der Waals surface area (Å²) in [7, 11) is 0. The first-order chi connectivity index (χ1) is 13.5. The molecule has 0 N–H and O–H groups in total. The van der Waals surface area contributed by atoms with Crippen molar-refractivity contribution in [1.82, 2.24) is 9.97 Å². The molecule has 1 aliphatic rings. The van der Waals surface area contributed by atoms with Crippen LogP contribution in [-0.4, -0.2) is 35.1 Å². The van der Waals surface area contributed by atoms with Crippen molar-refractivity contribution in [3.63, 3.8) is 0 Å². The van der Waals surface area contributed by atoms with Crippen LogP contribution in [0.25, 0.3) is 22.3 Å². The number of hydrogen-bond donors (Lipinski definition) is 0. The maximum atomic E-state index is 11.2. The van der Waals surface area contributed by atoms with Crippen molar-refractivity contribution in [2.24, 2.45) is 0 Å². The Bertz CT molecular complexity index is 1080. The van der Waals surface area contributed by atoms with Crippen LogP contribution in [0.1, 0.15) is 35.2 Å². The lowest BCUT2D eigenvalue weighted by Crippen LogP contribution is -2.34. The fraction of sp³-hybridized carbons (Fsp3) is 0.273. The summed E-state index contributed by atoms with van der Waals surface area (Å²) in [6.45, 7) is 6.54. The van der Waals surface area contributed by atoms with Crippen molar-refractivity contribution < 1.29 is 19.1 Å². The van der Waals surface area contributed by atoms with Crippen LogP contribution in [0.5, 0.6) is 0 Å². The van der Waals surface area contributed by atoms with E-state index >= 15 is 0 Å². The number of carbonyl (C=O) groups is 2. The standard InChI is InChI=1S/C22H20N2O4/c1-12-8-17-18(9-13(12)2)24-21-19(22(28-11-26)14(3)27-10-25)15-6-4-5-7-16(15)20(21)23-17/h4-11,14,19,22H,1-3H3. The quantitative estimate of drug-likeness (QED) is 0.613. The van der Waals surface area contributed by atoms with Crippen molar-refractivity contribution in [3.8, 4) is 11.3 Å². The van der Waals surface area contributed by atoms with Gasteiger partial charge in [0.2, 0.25) is 0 Å². The summed E-state index contributed by atoms with van der Waals surface area (Å²) in [5.41, 5.74) is 7.30. The topological polar surface area (TPSA) is 78.4 Å². The Kier molecular flexibility index (Phi) is 4.55. The Morgan fingerprint density at radius 3 is 2.29 bits per heavy atom. The van der Waals surface area contributed by atoms with Crippen LogP contribution < -0.4 is 0 Å². The highest BCUT2D eigenvalue weighted by molar-refractivity contribution is 5.84. The van der Waals surface area contributed by atoms with Gasteiger partial charge < -0.3 is 9.47 Å². The molecule has 1 aromatic heterocycles. The predicted octanol–water partition coefficient (Wildman–Crippen LogP) is 3.46. The average Bonchev–Trinajstić information content (AvgIpc) is 2.99. The van der Waals surface area contributed by atoms with Crippen molar-refractivity contribution in [3.05, 3.63) is 58.8 Å². The molecule has 2 aromatic carbocycles. The fourth-order valence-corrected chi connectivity index (χ4v) is 3.89.